The maximum absolute atomic E-state index is 4.08. The van der Waals surface area contributed by atoms with Gasteiger partial charge in [-0.3, -0.25) is 0 Å². The summed E-state index contributed by atoms with van der Waals surface area (Å²) in [4.78, 5) is 0. The summed E-state index contributed by atoms with van der Waals surface area (Å²) >= 11 is 1.68. The van der Waals surface area contributed by atoms with Gasteiger partial charge in [0.25, 0.3) is 0 Å². The van der Waals surface area contributed by atoms with Gasteiger partial charge in [-0.25, -0.2) is 0 Å². The van der Waals surface area contributed by atoms with E-state index in [0.29, 0.717) is 0 Å². The Morgan fingerprint density at radius 2 is 2.14 bits per heavy atom. The van der Waals surface area contributed by atoms with E-state index in [1.54, 1.807) is 11.9 Å². The summed E-state index contributed by atoms with van der Waals surface area (Å²) < 4.78 is 4.08. The zero-order chi connectivity index (χ0) is 5.54. The summed E-state index contributed by atoms with van der Waals surface area (Å²) in [6.07, 6.45) is 1.23. The van der Waals surface area contributed by atoms with Crippen molar-refractivity contribution in [3.8, 4) is 0 Å². The van der Waals surface area contributed by atoms with Crippen LogP contribution in [0.3, 0.4) is 0 Å². The molecule has 0 atom stereocenters. The fraction of sp³-hybridized carbons (Fsp3) is 1.00. The summed E-state index contributed by atoms with van der Waals surface area (Å²) in [5.41, 5.74) is 0. The quantitative estimate of drug-likeness (QED) is 0.404. The fourth-order valence-electron chi connectivity index (χ4n) is 0.247. The van der Waals surface area contributed by atoms with Crippen molar-refractivity contribution < 1.29 is 0 Å². The predicted molar refractivity (Wildman–Crippen MR) is 35.4 cm³/mol. The maximum atomic E-state index is 4.08. The Hall–Kier alpha value is 0.310. The Morgan fingerprint density at radius 3 is 2.57 bits per heavy atom. The van der Waals surface area contributed by atoms with Crippen molar-refractivity contribution in [1.82, 2.24) is 4.72 Å². The molecule has 0 saturated carbocycles. The van der Waals surface area contributed by atoms with E-state index < -0.39 is 0 Å². The van der Waals surface area contributed by atoms with Gasteiger partial charge in [-0.1, -0.05) is 18.9 Å². The summed E-state index contributed by atoms with van der Waals surface area (Å²) in [5, 5.41) is 0. The van der Waals surface area contributed by atoms with Crippen LogP contribution in [0.5, 0.6) is 0 Å². The molecule has 0 N–H and O–H groups in total. The van der Waals surface area contributed by atoms with Crippen molar-refractivity contribution in [3.05, 3.63) is 0 Å². The van der Waals surface area contributed by atoms with Gasteiger partial charge in [-0.05, 0) is 13.3 Å². The highest BCUT2D eigenvalue weighted by Gasteiger charge is 1.80. The van der Waals surface area contributed by atoms with Crippen LogP contribution >= 0.6 is 11.9 Å². The molecular formula is C5H12NS. The summed E-state index contributed by atoms with van der Waals surface area (Å²) in [6.45, 7) is 5.17. The molecule has 0 aromatic heterocycles. The van der Waals surface area contributed by atoms with E-state index in [0.717, 1.165) is 6.54 Å². The second-order valence-corrected chi connectivity index (χ2v) is 2.20. The summed E-state index contributed by atoms with van der Waals surface area (Å²) in [6, 6.07) is 0. The highest BCUT2D eigenvalue weighted by Crippen LogP contribution is 1.95. The van der Waals surface area contributed by atoms with Crippen LogP contribution in [0.1, 0.15) is 20.3 Å². The fourth-order valence-corrected chi connectivity index (χ4v) is 0.741. The normalized spacial score (nSPS) is 9.43. The lowest BCUT2D eigenvalue weighted by Gasteiger charge is -1.91. The van der Waals surface area contributed by atoms with Crippen molar-refractivity contribution in [1.29, 1.82) is 0 Å². The second-order valence-electron chi connectivity index (χ2n) is 1.28. The van der Waals surface area contributed by atoms with Gasteiger partial charge in [0.2, 0.25) is 0 Å². The molecule has 0 aliphatic heterocycles. The van der Waals surface area contributed by atoms with Crippen LogP contribution < -0.4 is 4.72 Å². The molecule has 0 unspecified atom stereocenters. The lowest BCUT2D eigenvalue weighted by Crippen LogP contribution is -1.91. The second kappa shape index (κ2) is 6.31. The Bertz CT molecular complexity index is 27.3. The molecule has 0 aromatic rings. The van der Waals surface area contributed by atoms with Crippen LogP contribution in [0, 0.1) is 0 Å². The molecule has 0 heterocycles. The van der Waals surface area contributed by atoms with E-state index in [4.69, 9.17) is 0 Å². The number of hydrogen-bond acceptors (Lipinski definition) is 1. The van der Waals surface area contributed by atoms with Gasteiger partial charge in [-0.2, -0.15) is 4.72 Å². The highest BCUT2D eigenvalue weighted by atomic mass is 32.2. The third-order valence-corrected chi connectivity index (χ3v) is 1.55. The standard InChI is InChI=1S/C5H12NS/c1-3-5-7-6-4-2/h3-5H2,1-2H3. The molecule has 1 radical (unpaired) electrons. The maximum Gasteiger partial charge on any atom is 0.0228 e. The van der Waals surface area contributed by atoms with Gasteiger partial charge in [0.15, 0.2) is 0 Å². The first-order valence-electron chi connectivity index (χ1n) is 2.70. The van der Waals surface area contributed by atoms with Crippen LogP contribution in [-0.2, 0) is 0 Å². The van der Waals surface area contributed by atoms with Crippen LogP contribution in [-0.4, -0.2) is 12.3 Å². The number of rotatable bonds is 4. The molecule has 0 rings (SSSR count). The molecule has 2 heteroatoms. The molecule has 0 fully saturated rings. The average molecular weight is 118 g/mol. The summed E-state index contributed by atoms with van der Waals surface area (Å²) in [5.74, 6) is 1.17. The van der Waals surface area contributed by atoms with E-state index in [1.807, 2.05) is 0 Å². The zero-order valence-corrected chi connectivity index (χ0v) is 5.79. The van der Waals surface area contributed by atoms with Gasteiger partial charge in [-0.15, -0.1) is 0 Å². The van der Waals surface area contributed by atoms with Gasteiger partial charge in [0.1, 0.15) is 0 Å². The van der Waals surface area contributed by atoms with E-state index in [9.17, 15) is 0 Å². The topological polar surface area (TPSA) is 14.1 Å². The van der Waals surface area contributed by atoms with Crippen molar-refractivity contribution in [2.45, 2.75) is 20.3 Å². The molecule has 0 aliphatic carbocycles. The molecule has 7 heavy (non-hydrogen) atoms. The van der Waals surface area contributed by atoms with Gasteiger partial charge in [0, 0.05) is 12.3 Å². The lowest BCUT2D eigenvalue weighted by atomic mass is 10.6. The highest BCUT2D eigenvalue weighted by molar-refractivity contribution is 7.97. The third-order valence-electron chi connectivity index (χ3n) is 0.516. The van der Waals surface area contributed by atoms with Crippen molar-refractivity contribution in [2.24, 2.45) is 0 Å². The Labute approximate surface area is 50.0 Å². The van der Waals surface area contributed by atoms with Gasteiger partial charge < -0.3 is 0 Å². The molecule has 0 saturated heterocycles. The average Bonchev–Trinajstić information content (AvgIpc) is 1.69. The minimum Gasteiger partial charge on any atom is -0.176 e. The largest absolute Gasteiger partial charge is 0.176 e. The Balaban J connectivity index is 2.45. The first kappa shape index (κ1) is 7.31. The van der Waals surface area contributed by atoms with Crippen molar-refractivity contribution >= 4 is 11.9 Å². The molecule has 0 aromatic carbocycles. The minimum absolute atomic E-state index is 0.949. The van der Waals surface area contributed by atoms with Crippen LogP contribution in [0.2, 0.25) is 0 Å². The first-order chi connectivity index (χ1) is 3.41. The monoisotopic (exact) mass is 118 g/mol. The van der Waals surface area contributed by atoms with Crippen LogP contribution in [0.25, 0.3) is 0 Å². The predicted octanol–water partition coefficient (Wildman–Crippen LogP) is 1.67. The lowest BCUT2D eigenvalue weighted by molar-refractivity contribution is 1.00. The third kappa shape index (κ3) is 6.31. The van der Waals surface area contributed by atoms with E-state index in [-0.39, 0.29) is 0 Å². The smallest absolute Gasteiger partial charge is 0.0228 e. The zero-order valence-electron chi connectivity index (χ0n) is 4.98. The van der Waals surface area contributed by atoms with E-state index >= 15 is 0 Å². The van der Waals surface area contributed by atoms with Gasteiger partial charge in [0.05, 0.1) is 0 Å². The molecule has 0 amide bonds. The minimum atomic E-state index is 0.949. The number of hydrogen-bond donors (Lipinski definition) is 0. The van der Waals surface area contributed by atoms with Gasteiger partial charge >= 0.3 is 0 Å². The Kier molecular flexibility index (Phi) is 6.59. The molecule has 0 bridgehead atoms. The van der Waals surface area contributed by atoms with Crippen molar-refractivity contribution in [2.75, 3.05) is 12.3 Å². The van der Waals surface area contributed by atoms with E-state index in [2.05, 4.69) is 18.6 Å². The molecule has 43 valence electrons. The molecule has 0 spiro atoms. The van der Waals surface area contributed by atoms with Crippen LogP contribution in [0.15, 0.2) is 0 Å². The Morgan fingerprint density at radius 1 is 1.43 bits per heavy atom. The van der Waals surface area contributed by atoms with Crippen LogP contribution in [0.4, 0.5) is 0 Å². The molecule has 1 nitrogen and oxygen atoms in total. The van der Waals surface area contributed by atoms with Crippen molar-refractivity contribution in [3.63, 3.8) is 0 Å². The molecular weight excluding hydrogens is 106 g/mol. The number of nitrogens with zero attached hydrogens (tertiary/aromatic N) is 1. The SMILES string of the molecule is CCCS[N]CC. The van der Waals surface area contributed by atoms with E-state index in [1.165, 1.54) is 12.2 Å². The summed E-state index contributed by atoms with van der Waals surface area (Å²) in [7, 11) is 0. The molecule has 0 aliphatic rings. The first-order valence-corrected chi connectivity index (χ1v) is 3.64.